The average Bonchev–Trinajstić information content (AvgIpc) is 3.49. The van der Waals surface area contributed by atoms with Crippen LogP contribution in [0.2, 0.25) is 0 Å². The van der Waals surface area contributed by atoms with Crippen molar-refractivity contribution in [2.45, 2.75) is 25.4 Å². The van der Waals surface area contributed by atoms with Gasteiger partial charge in [0.2, 0.25) is 5.91 Å². The van der Waals surface area contributed by atoms with Gasteiger partial charge in [0.05, 0.1) is 0 Å². The molecule has 4 rings (SSSR count). The van der Waals surface area contributed by atoms with Crippen LogP contribution in [0.4, 0.5) is 0 Å². The largest absolute Gasteiger partial charge is 0.352 e. The van der Waals surface area contributed by atoms with Crippen LogP contribution in [-0.2, 0) is 17.9 Å². The van der Waals surface area contributed by atoms with Crippen LogP contribution in [0.3, 0.4) is 0 Å². The summed E-state index contributed by atoms with van der Waals surface area (Å²) in [5, 5.41) is 3.14. The summed E-state index contributed by atoms with van der Waals surface area (Å²) in [5.41, 5.74) is 3.76. The molecule has 1 aliphatic heterocycles. The minimum atomic E-state index is 0.114. The normalized spacial score (nSPS) is 22.8. The zero-order chi connectivity index (χ0) is 19.5. The zero-order valence-electron chi connectivity index (χ0n) is 16.4. The molecule has 1 N–H and O–H groups in total. The van der Waals surface area contributed by atoms with E-state index in [0.717, 1.165) is 43.6 Å². The maximum atomic E-state index is 12.5. The van der Waals surface area contributed by atoms with Crippen molar-refractivity contribution in [2.24, 2.45) is 5.92 Å². The fraction of sp³-hybridized carbons (Fsp3) is 0.435. The zero-order valence-corrected chi connectivity index (χ0v) is 18.0. The number of hydrogen-bond donors (Lipinski definition) is 1. The first-order chi connectivity index (χ1) is 13.6. The number of amides is 1. The fourth-order valence-corrected chi connectivity index (χ4v) is 4.43. The van der Waals surface area contributed by atoms with Gasteiger partial charge in [0.1, 0.15) is 0 Å². The Morgan fingerprint density at radius 3 is 2.61 bits per heavy atom. The number of nitrogens with zero attached hydrogens (tertiary/aromatic N) is 2. The molecule has 148 valence electrons. The Kier molecular flexibility index (Phi) is 6.14. The van der Waals surface area contributed by atoms with E-state index >= 15 is 0 Å². The first kappa shape index (κ1) is 19.6. The van der Waals surface area contributed by atoms with Crippen molar-refractivity contribution < 1.29 is 4.79 Å². The van der Waals surface area contributed by atoms with E-state index in [4.69, 9.17) is 0 Å². The predicted molar refractivity (Wildman–Crippen MR) is 116 cm³/mol. The molecule has 28 heavy (non-hydrogen) atoms. The molecule has 2 atom stereocenters. The molecule has 0 aromatic heterocycles. The number of rotatable bonds is 6. The summed E-state index contributed by atoms with van der Waals surface area (Å²) in [6.45, 7) is 6.11. The molecule has 0 spiro atoms. The summed E-state index contributed by atoms with van der Waals surface area (Å²) in [6.07, 6.45) is 0.950. The number of halogens is 1. The Labute approximate surface area is 176 Å². The van der Waals surface area contributed by atoms with Crippen molar-refractivity contribution in [1.29, 1.82) is 0 Å². The van der Waals surface area contributed by atoms with Gasteiger partial charge in [-0.25, -0.2) is 0 Å². The second-order valence-corrected chi connectivity index (χ2v) is 9.04. The monoisotopic (exact) mass is 441 g/mol. The fourth-order valence-electron chi connectivity index (χ4n) is 4.01. The highest BCUT2D eigenvalue weighted by Crippen LogP contribution is 2.47. The molecule has 2 aromatic rings. The molecule has 0 radical (unpaired) electrons. The Balaban J connectivity index is 1.27. The van der Waals surface area contributed by atoms with Crippen molar-refractivity contribution in [3.63, 3.8) is 0 Å². The van der Waals surface area contributed by atoms with Crippen LogP contribution >= 0.6 is 15.9 Å². The lowest BCUT2D eigenvalue weighted by Gasteiger charge is -2.32. The summed E-state index contributed by atoms with van der Waals surface area (Å²) < 4.78 is 1.08. The SMILES string of the molecule is CN1CCN(Cc2cccc(CNC(=O)C3CC3c3cccc(Br)c3)c2)CC1. The van der Waals surface area contributed by atoms with E-state index in [1.54, 1.807) is 0 Å². The topological polar surface area (TPSA) is 35.6 Å². The van der Waals surface area contributed by atoms with Crippen LogP contribution in [0.1, 0.15) is 29.0 Å². The molecule has 1 saturated heterocycles. The van der Waals surface area contributed by atoms with Gasteiger partial charge in [-0.15, -0.1) is 0 Å². The third-order valence-electron chi connectivity index (χ3n) is 5.86. The van der Waals surface area contributed by atoms with E-state index < -0.39 is 0 Å². The molecule has 2 aromatic carbocycles. The second-order valence-electron chi connectivity index (χ2n) is 8.12. The smallest absolute Gasteiger partial charge is 0.224 e. The van der Waals surface area contributed by atoms with Crippen molar-refractivity contribution in [2.75, 3.05) is 33.2 Å². The van der Waals surface area contributed by atoms with Crippen LogP contribution in [0.15, 0.2) is 53.0 Å². The number of hydrogen-bond acceptors (Lipinski definition) is 3. The van der Waals surface area contributed by atoms with Crippen molar-refractivity contribution in [1.82, 2.24) is 15.1 Å². The number of carbonyl (C=O) groups excluding carboxylic acids is 1. The van der Waals surface area contributed by atoms with Crippen LogP contribution in [0.25, 0.3) is 0 Å². The molecule has 4 nitrogen and oxygen atoms in total. The van der Waals surface area contributed by atoms with Gasteiger partial charge in [-0.2, -0.15) is 0 Å². The lowest BCUT2D eigenvalue weighted by molar-refractivity contribution is -0.122. The average molecular weight is 442 g/mol. The summed E-state index contributed by atoms with van der Waals surface area (Å²) in [6, 6.07) is 16.9. The van der Waals surface area contributed by atoms with Crippen LogP contribution in [0, 0.1) is 5.92 Å². The number of benzene rings is 2. The Morgan fingerprint density at radius 1 is 1.07 bits per heavy atom. The van der Waals surface area contributed by atoms with Crippen molar-refractivity contribution >= 4 is 21.8 Å². The number of nitrogens with one attached hydrogen (secondary N) is 1. The Bertz CT molecular complexity index is 832. The number of carbonyl (C=O) groups is 1. The first-order valence-electron chi connectivity index (χ1n) is 10.1. The maximum absolute atomic E-state index is 12.5. The molecule has 1 amide bonds. The standard InChI is InChI=1S/C23H28BrN3O/c1-26-8-10-27(11-9-26)16-18-5-2-4-17(12-18)15-25-23(28)22-14-21(22)19-6-3-7-20(24)13-19/h2-7,12-13,21-22H,8-11,14-16H2,1H3,(H,25,28). The van der Waals surface area contributed by atoms with Gasteiger partial charge in [0.15, 0.2) is 0 Å². The molecule has 0 bridgehead atoms. The van der Waals surface area contributed by atoms with Gasteiger partial charge in [0, 0.05) is 49.7 Å². The molecular weight excluding hydrogens is 414 g/mol. The molecule has 2 fully saturated rings. The lowest BCUT2D eigenvalue weighted by atomic mass is 10.1. The van der Waals surface area contributed by atoms with Crippen LogP contribution < -0.4 is 5.32 Å². The summed E-state index contributed by atoms with van der Waals surface area (Å²) in [7, 11) is 2.18. The third-order valence-corrected chi connectivity index (χ3v) is 6.36. The summed E-state index contributed by atoms with van der Waals surface area (Å²) >= 11 is 3.52. The minimum absolute atomic E-state index is 0.114. The van der Waals surface area contributed by atoms with E-state index in [0.29, 0.717) is 12.5 Å². The van der Waals surface area contributed by atoms with Crippen LogP contribution in [-0.4, -0.2) is 48.9 Å². The van der Waals surface area contributed by atoms with Gasteiger partial charge < -0.3 is 10.2 Å². The molecule has 1 heterocycles. The molecule has 1 aliphatic carbocycles. The highest BCUT2D eigenvalue weighted by Gasteiger charge is 2.43. The molecule has 2 aliphatic rings. The van der Waals surface area contributed by atoms with Gasteiger partial charge in [-0.05, 0) is 48.2 Å². The van der Waals surface area contributed by atoms with E-state index in [-0.39, 0.29) is 11.8 Å². The molecular formula is C23H28BrN3O. The summed E-state index contributed by atoms with van der Waals surface area (Å²) in [5.74, 6) is 0.651. The summed E-state index contributed by atoms with van der Waals surface area (Å²) in [4.78, 5) is 17.4. The minimum Gasteiger partial charge on any atom is -0.352 e. The Morgan fingerprint density at radius 2 is 1.82 bits per heavy atom. The van der Waals surface area contributed by atoms with Crippen molar-refractivity contribution in [3.05, 3.63) is 69.7 Å². The van der Waals surface area contributed by atoms with E-state index in [9.17, 15) is 4.79 Å². The van der Waals surface area contributed by atoms with Crippen molar-refractivity contribution in [3.8, 4) is 0 Å². The van der Waals surface area contributed by atoms with E-state index in [1.807, 2.05) is 12.1 Å². The van der Waals surface area contributed by atoms with Gasteiger partial charge in [0.25, 0.3) is 0 Å². The predicted octanol–water partition coefficient (Wildman–Crippen LogP) is 3.62. The van der Waals surface area contributed by atoms with Gasteiger partial charge >= 0.3 is 0 Å². The highest BCUT2D eigenvalue weighted by molar-refractivity contribution is 9.10. The third kappa shape index (κ3) is 5.02. The number of piperazine rings is 1. The molecule has 5 heteroatoms. The highest BCUT2D eigenvalue weighted by atomic mass is 79.9. The van der Waals surface area contributed by atoms with E-state index in [2.05, 4.69) is 74.5 Å². The molecule has 1 saturated carbocycles. The van der Waals surface area contributed by atoms with Gasteiger partial charge in [-0.1, -0.05) is 52.3 Å². The first-order valence-corrected chi connectivity index (χ1v) is 10.9. The van der Waals surface area contributed by atoms with Gasteiger partial charge in [-0.3, -0.25) is 9.69 Å². The quantitative estimate of drug-likeness (QED) is 0.743. The maximum Gasteiger partial charge on any atom is 0.224 e. The van der Waals surface area contributed by atoms with E-state index in [1.165, 1.54) is 16.7 Å². The molecule has 2 unspecified atom stereocenters. The second kappa shape index (κ2) is 8.76. The van der Waals surface area contributed by atoms with Crippen LogP contribution in [0.5, 0.6) is 0 Å². The lowest BCUT2D eigenvalue weighted by Crippen LogP contribution is -2.43. The Hall–Kier alpha value is -1.69. The number of likely N-dealkylation sites (N-methyl/N-ethyl adjacent to an activating group) is 1.